The first kappa shape index (κ1) is 15.7. The van der Waals surface area contributed by atoms with E-state index in [9.17, 15) is 4.79 Å². The van der Waals surface area contributed by atoms with E-state index in [1.807, 2.05) is 0 Å². The van der Waals surface area contributed by atoms with Gasteiger partial charge in [0.15, 0.2) is 0 Å². The van der Waals surface area contributed by atoms with E-state index in [0.717, 1.165) is 19.4 Å². The maximum atomic E-state index is 11.9. The van der Waals surface area contributed by atoms with Crippen LogP contribution in [0.1, 0.15) is 39.5 Å². The van der Waals surface area contributed by atoms with Crippen molar-refractivity contribution >= 4 is 18.3 Å². The molecule has 0 aromatic heterocycles. The van der Waals surface area contributed by atoms with E-state index in [1.54, 1.807) is 0 Å². The lowest BCUT2D eigenvalue weighted by Gasteiger charge is -2.21. The molecule has 0 unspecified atom stereocenters. The second kappa shape index (κ2) is 6.22. The number of ether oxygens (including phenoxy) is 1. The summed E-state index contributed by atoms with van der Waals surface area (Å²) in [6, 6.07) is 0. The van der Waals surface area contributed by atoms with Crippen molar-refractivity contribution in [3.05, 3.63) is 0 Å². The Morgan fingerprint density at radius 3 is 2.56 bits per heavy atom. The minimum atomic E-state index is -0.272. The average molecular weight is 277 g/mol. The molecular formula is C13H25ClN2O2. The standard InChI is InChI=1S/C13H24N2O2.ClH/c1-9(2)13(5-6-13)8-15-12(16)11-4-3-10(7-14)17-11;/h9-11H,3-8,14H2,1-2H3,(H,15,16);1H/t10-,11+;/m1./s1. The molecule has 3 N–H and O–H groups in total. The van der Waals surface area contributed by atoms with E-state index in [1.165, 1.54) is 12.8 Å². The lowest BCUT2D eigenvalue weighted by molar-refractivity contribution is -0.132. The molecule has 0 aromatic rings. The van der Waals surface area contributed by atoms with Gasteiger partial charge in [-0.1, -0.05) is 13.8 Å². The van der Waals surface area contributed by atoms with Crippen molar-refractivity contribution in [2.45, 2.75) is 51.7 Å². The van der Waals surface area contributed by atoms with Gasteiger partial charge in [-0.05, 0) is 37.0 Å². The summed E-state index contributed by atoms with van der Waals surface area (Å²) in [6.07, 6.45) is 3.99. The van der Waals surface area contributed by atoms with Crippen molar-refractivity contribution < 1.29 is 9.53 Å². The first-order valence-corrected chi connectivity index (χ1v) is 6.70. The molecule has 0 radical (unpaired) electrons. The molecule has 1 aliphatic heterocycles. The zero-order chi connectivity index (χ0) is 12.5. The van der Waals surface area contributed by atoms with Crippen LogP contribution in [0.5, 0.6) is 0 Å². The summed E-state index contributed by atoms with van der Waals surface area (Å²) in [7, 11) is 0. The van der Waals surface area contributed by atoms with Crippen LogP contribution in [0, 0.1) is 11.3 Å². The quantitative estimate of drug-likeness (QED) is 0.799. The van der Waals surface area contributed by atoms with E-state index >= 15 is 0 Å². The van der Waals surface area contributed by atoms with Crippen molar-refractivity contribution in [2.75, 3.05) is 13.1 Å². The summed E-state index contributed by atoms with van der Waals surface area (Å²) < 4.78 is 5.58. The summed E-state index contributed by atoms with van der Waals surface area (Å²) in [5.41, 5.74) is 5.90. The third kappa shape index (κ3) is 3.37. The molecule has 4 nitrogen and oxygen atoms in total. The first-order chi connectivity index (χ1) is 8.07. The van der Waals surface area contributed by atoms with E-state index in [-0.39, 0.29) is 30.5 Å². The van der Waals surface area contributed by atoms with Gasteiger partial charge in [0.25, 0.3) is 0 Å². The lowest BCUT2D eigenvalue weighted by atomic mass is 9.92. The summed E-state index contributed by atoms with van der Waals surface area (Å²) in [5.74, 6) is 0.692. The Morgan fingerprint density at radius 2 is 2.11 bits per heavy atom. The number of rotatable bonds is 5. The molecule has 0 bridgehead atoms. The van der Waals surface area contributed by atoms with Crippen LogP contribution in [0.2, 0.25) is 0 Å². The second-order valence-electron chi connectivity index (χ2n) is 5.79. The van der Waals surface area contributed by atoms with Crippen LogP contribution in [0.15, 0.2) is 0 Å². The van der Waals surface area contributed by atoms with Gasteiger partial charge in [-0.3, -0.25) is 4.79 Å². The summed E-state index contributed by atoms with van der Waals surface area (Å²) >= 11 is 0. The van der Waals surface area contributed by atoms with E-state index in [4.69, 9.17) is 10.5 Å². The van der Waals surface area contributed by atoms with Crippen molar-refractivity contribution in [1.29, 1.82) is 0 Å². The SMILES string of the molecule is CC(C)C1(CNC(=O)[C@@H]2CC[C@H](CN)O2)CC1.Cl. The zero-order valence-corrected chi connectivity index (χ0v) is 12.1. The number of nitrogens with one attached hydrogen (secondary N) is 1. The molecule has 0 spiro atoms. The Labute approximate surface area is 115 Å². The number of hydrogen-bond acceptors (Lipinski definition) is 3. The molecular weight excluding hydrogens is 252 g/mol. The minimum absolute atomic E-state index is 0. The number of hydrogen-bond donors (Lipinski definition) is 2. The Bertz CT molecular complexity index is 293. The third-order valence-electron chi connectivity index (χ3n) is 4.39. The minimum Gasteiger partial charge on any atom is -0.364 e. The lowest BCUT2D eigenvalue weighted by Crippen LogP contribution is -2.39. The summed E-state index contributed by atoms with van der Waals surface area (Å²) in [6.45, 7) is 5.78. The van der Waals surface area contributed by atoms with Crippen LogP contribution in [0.25, 0.3) is 0 Å². The van der Waals surface area contributed by atoms with Gasteiger partial charge >= 0.3 is 0 Å². The fraction of sp³-hybridized carbons (Fsp3) is 0.923. The van der Waals surface area contributed by atoms with Crippen LogP contribution < -0.4 is 11.1 Å². The molecule has 2 aliphatic rings. The predicted octanol–water partition coefficient (Wildman–Crippen LogP) is 1.47. The highest BCUT2D eigenvalue weighted by atomic mass is 35.5. The van der Waals surface area contributed by atoms with Crippen molar-refractivity contribution in [1.82, 2.24) is 5.32 Å². The van der Waals surface area contributed by atoms with Gasteiger partial charge in [0.05, 0.1) is 6.10 Å². The largest absolute Gasteiger partial charge is 0.364 e. The van der Waals surface area contributed by atoms with Gasteiger partial charge < -0.3 is 15.8 Å². The van der Waals surface area contributed by atoms with Crippen molar-refractivity contribution in [3.63, 3.8) is 0 Å². The molecule has 1 amide bonds. The van der Waals surface area contributed by atoms with Crippen LogP contribution in [-0.4, -0.2) is 31.2 Å². The van der Waals surface area contributed by atoms with E-state index in [0.29, 0.717) is 17.9 Å². The zero-order valence-electron chi connectivity index (χ0n) is 11.3. The van der Waals surface area contributed by atoms with Gasteiger partial charge in [0, 0.05) is 13.1 Å². The van der Waals surface area contributed by atoms with Crippen LogP contribution in [0.3, 0.4) is 0 Å². The molecule has 5 heteroatoms. The smallest absolute Gasteiger partial charge is 0.249 e. The molecule has 2 fully saturated rings. The number of nitrogens with two attached hydrogens (primary N) is 1. The van der Waals surface area contributed by atoms with Crippen molar-refractivity contribution in [2.24, 2.45) is 17.1 Å². The Kier molecular flexibility index (Phi) is 5.44. The van der Waals surface area contributed by atoms with Gasteiger partial charge in [-0.15, -0.1) is 12.4 Å². The number of halogens is 1. The normalized spacial score (nSPS) is 28.9. The fourth-order valence-corrected chi connectivity index (χ4v) is 2.57. The number of amides is 1. The Balaban J connectivity index is 0.00000162. The van der Waals surface area contributed by atoms with Crippen LogP contribution in [-0.2, 0) is 9.53 Å². The molecule has 2 rings (SSSR count). The molecule has 0 aromatic carbocycles. The Hall–Kier alpha value is -0.320. The number of carbonyl (C=O) groups is 1. The molecule has 1 aliphatic carbocycles. The average Bonchev–Trinajstić information content (AvgIpc) is 2.96. The van der Waals surface area contributed by atoms with Gasteiger partial charge in [0.2, 0.25) is 5.91 Å². The van der Waals surface area contributed by atoms with Gasteiger partial charge in [-0.2, -0.15) is 0 Å². The topological polar surface area (TPSA) is 64.4 Å². The molecule has 2 atom stereocenters. The fourth-order valence-electron chi connectivity index (χ4n) is 2.57. The highest BCUT2D eigenvalue weighted by Gasteiger charge is 2.45. The summed E-state index contributed by atoms with van der Waals surface area (Å²) in [5, 5.41) is 3.05. The monoisotopic (exact) mass is 276 g/mol. The van der Waals surface area contributed by atoms with Crippen LogP contribution in [0.4, 0.5) is 0 Å². The van der Waals surface area contributed by atoms with Crippen LogP contribution >= 0.6 is 12.4 Å². The molecule has 18 heavy (non-hydrogen) atoms. The highest BCUT2D eigenvalue weighted by molar-refractivity contribution is 5.85. The van der Waals surface area contributed by atoms with E-state index < -0.39 is 0 Å². The maximum absolute atomic E-state index is 11.9. The second-order valence-corrected chi connectivity index (χ2v) is 5.79. The van der Waals surface area contributed by atoms with Crippen molar-refractivity contribution in [3.8, 4) is 0 Å². The van der Waals surface area contributed by atoms with E-state index in [2.05, 4.69) is 19.2 Å². The molecule has 1 saturated heterocycles. The number of carbonyl (C=O) groups excluding carboxylic acids is 1. The molecule has 1 heterocycles. The van der Waals surface area contributed by atoms with Gasteiger partial charge in [0.1, 0.15) is 6.10 Å². The summed E-state index contributed by atoms with van der Waals surface area (Å²) in [4.78, 5) is 11.9. The van der Waals surface area contributed by atoms with Gasteiger partial charge in [-0.25, -0.2) is 0 Å². The molecule has 1 saturated carbocycles. The first-order valence-electron chi connectivity index (χ1n) is 6.70. The third-order valence-corrected chi connectivity index (χ3v) is 4.39. The Morgan fingerprint density at radius 1 is 1.44 bits per heavy atom. The predicted molar refractivity (Wildman–Crippen MR) is 73.7 cm³/mol. The highest BCUT2D eigenvalue weighted by Crippen LogP contribution is 2.51. The molecule has 106 valence electrons. The maximum Gasteiger partial charge on any atom is 0.249 e.